The number of hydrogen-bond donors (Lipinski definition) is 0. The highest BCUT2D eigenvalue weighted by Crippen LogP contribution is 2.44. The molecule has 15 rings (SSSR count). The van der Waals surface area contributed by atoms with Crippen molar-refractivity contribution in [3.8, 4) is 0 Å². The third-order valence-electron chi connectivity index (χ3n) is 24.3. The predicted molar refractivity (Wildman–Crippen MR) is 509 cm³/mol. The van der Waals surface area contributed by atoms with E-state index in [-0.39, 0.29) is 72.7 Å². The summed E-state index contributed by atoms with van der Waals surface area (Å²) in [5.74, 6) is 0. The van der Waals surface area contributed by atoms with Gasteiger partial charge < -0.3 is 75.2 Å². The molecule has 0 saturated carbocycles. The van der Waals surface area contributed by atoms with Crippen LogP contribution in [0.5, 0.6) is 0 Å². The standard InChI is InChI=1S/C111H124O16Si2/c1-8-9-46-71-113-107-105(102(118-77-88-57-32-15-33-58-88)98(114-73-84-49-24-11-25-50-84)95(123-107)80-112-72-83-47-22-10-23-48-83)126-109-106(103(119-78-89-59-34-16-35-60-89)100(116-75-86-53-28-13-29-54-86)97(125-109)82-122-129(111(5,6)7,93-67-42-20-43-68-93)94-69-44-21-45-70-94)127-108-104(120-79-90-61-36-17-37-62-90)101(117-76-87-55-30-14-31-56-87)99(115-74-85-51-26-12-27-52-85)96(124-108)81-121-128(110(2,3)4,91-63-38-18-39-64-91)92-65-40-19-41-66-92/h8,10-45,47-70,95-109H,1,9,46,71-82H2,2-7H3. The van der Waals surface area contributed by atoms with E-state index < -0.39 is 119 Å². The highest BCUT2D eigenvalue weighted by molar-refractivity contribution is 7.00. The predicted octanol–water partition coefficient (Wildman–Crippen LogP) is 19.4. The van der Waals surface area contributed by atoms with E-state index in [0.29, 0.717) is 19.4 Å². The first-order valence-corrected chi connectivity index (χ1v) is 49.2. The van der Waals surface area contributed by atoms with Gasteiger partial charge in [0.05, 0.1) is 79.3 Å². The molecule has 0 spiro atoms. The highest BCUT2D eigenvalue weighted by atomic mass is 28.4. The number of ether oxygens (including phenoxy) is 14. The summed E-state index contributed by atoms with van der Waals surface area (Å²) in [6.07, 6.45) is -13.4. The maximum Gasteiger partial charge on any atom is 0.261 e. The number of unbranched alkanes of at least 4 members (excludes halogenated alkanes) is 1. The fraction of sp³-hybridized carbons (Fsp3) is 0.333. The van der Waals surface area contributed by atoms with E-state index in [4.69, 9.17) is 75.2 Å². The lowest BCUT2D eigenvalue weighted by molar-refractivity contribution is -0.405. The molecule has 0 radical (unpaired) electrons. The summed E-state index contributed by atoms with van der Waals surface area (Å²) in [6.45, 7) is 19.3. The van der Waals surface area contributed by atoms with Crippen LogP contribution in [0.25, 0.3) is 0 Å². The number of allylic oxidation sites excluding steroid dienone is 1. The Morgan fingerprint density at radius 1 is 0.256 bits per heavy atom. The molecule has 0 amide bonds. The molecule has 3 aliphatic rings. The van der Waals surface area contributed by atoms with Crippen molar-refractivity contribution in [2.75, 3.05) is 26.4 Å². The van der Waals surface area contributed by atoms with E-state index in [1.165, 1.54) is 0 Å². The Kier molecular flexibility index (Phi) is 34.1. The van der Waals surface area contributed by atoms with E-state index in [2.05, 4.69) is 242 Å². The third kappa shape index (κ3) is 24.5. The van der Waals surface area contributed by atoms with Gasteiger partial charge in [0.15, 0.2) is 18.9 Å². The molecule has 129 heavy (non-hydrogen) atoms. The van der Waals surface area contributed by atoms with Gasteiger partial charge in [-0.1, -0.05) is 412 Å². The first-order valence-electron chi connectivity index (χ1n) is 45.4. The second kappa shape index (κ2) is 46.8. The molecular formula is C111H124O16Si2. The molecule has 15 unspecified atom stereocenters. The Morgan fingerprint density at radius 3 is 0.760 bits per heavy atom. The zero-order valence-electron chi connectivity index (χ0n) is 75.0. The van der Waals surface area contributed by atoms with Gasteiger partial charge in [-0.25, -0.2) is 0 Å². The first kappa shape index (κ1) is 93.8. The van der Waals surface area contributed by atoms with Crippen LogP contribution in [0.2, 0.25) is 10.1 Å². The van der Waals surface area contributed by atoms with E-state index in [1.54, 1.807) is 0 Å². The van der Waals surface area contributed by atoms with Crippen molar-refractivity contribution >= 4 is 37.4 Å². The minimum absolute atomic E-state index is 0.00594. The van der Waals surface area contributed by atoms with Crippen molar-refractivity contribution < 1.29 is 75.2 Å². The number of hydrogen-bond acceptors (Lipinski definition) is 16. The molecule has 3 saturated heterocycles. The maximum atomic E-state index is 8.41. The van der Waals surface area contributed by atoms with Gasteiger partial charge in [0.2, 0.25) is 0 Å². The fourth-order valence-corrected chi connectivity index (χ4v) is 27.1. The van der Waals surface area contributed by atoms with E-state index in [9.17, 15) is 0 Å². The molecule has 3 heterocycles. The molecule has 0 aliphatic carbocycles. The summed E-state index contributed by atoms with van der Waals surface area (Å²) in [6, 6.07) is 124. The molecule has 0 bridgehead atoms. The monoisotopic (exact) mass is 1770 g/mol. The van der Waals surface area contributed by atoms with Crippen LogP contribution in [0, 0.1) is 0 Å². The van der Waals surface area contributed by atoms with Crippen LogP contribution in [0.3, 0.4) is 0 Å². The van der Waals surface area contributed by atoms with Crippen molar-refractivity contribution in [1.82, 2.24) is 0 Å². The van der Waals surface area contributed by atoms with Crippen molar-refractivity contribution in [3.05, 3.63) is 421 Å². The maximum absolute atomic E-state index is 8.41. The highest BCUT2D eigenvalue weighted by Gasteiger charge is 2.60. The summed E-state index contributed by atoms with van der Waals surface area (Å²) >= 11 is 0. The van der Waals surface area contributed by atoms with Crippen LogP contribution in [0.4, 0.5) is 0 Å². The van der Waals surface area contributed by atoms with Crippen LogP contribution in [0.15, 0.2) is 377 Å². The summed E-state index contributed by atoms with van der Waals surface area (Å²) in [7, 11) is -6.87. The van der Waals surface area contributed by atoms with Gasteiger partial charge in [0.25, 0.3) is 16.6 Å². The van der Waals surface area contributed by atoms with Gasteiger partial charge in [-0.15, -0.1) is 6.58 Å². The summed E-state index contributed by atoms with van der Waals surface area (Å²) in [5.41, 5.74) is 7.39. The van der Waals surface area contributed by atoms with Crippen molar-refractivity contribution in [2.24, 2.45) is 0 Å². The normalized spacial score (nSPS) is 22.7. The molecule has 0 N–H and O–H groups in total. The minimum Gasteiger partial charge on any atom is -0.405 e. The quantitative estimate of drug-likeness (QED) is 0.0202. The smallest absolute Gasteiger partial charge is 0.261 e. The van der Waals surface area contributed by atoms with Gasteiger partial charge in [0.1, 0.15) is 73.2 Å². The van der Waals surface area contributed by atoms with Crippen molar-refractivity contribution in [1.29, 1.82) is 0 Å². The van der Waals surface area contributed by atoms with Crippen LogP contribution >= 0.6 is 0 Å². The first-order chi connectivity index (χ1) is 63.2. The summed E-state index contributed by atoms with van der Waals surface area (Å²) in [4.78, 5) is 0. The number of benzene rings is 12. The van der Waals surface area contributed by atoms with E-state index in [1.807, 2.05) is 176 Å². The summed E-state index contributed by atoms with van der Waals surface area (Å²) in [5, 5.41) is 3.36. The minimum atomic E-state index is -3.46. The second-order valence-corrected chi connectivity index (χ2v) is 44.0. The van der Waals surface area contributed by atoms with Crippen molar-refractivity contribution in [2.45, 2.75) is 209 Å². The Bertz CT molecular complexity index is 5100. The fourth-order valence-electron chi connectivity index (χ4n) is 17.9. The average molecular weight is 1770 g/mol. The number of rotatable bonds is 44. The van der Waals surface area contributed by atoms with Crippen LogP contribution in [-0.4, -0.2) is 135 Å². The third-order valence-corrected chi connectivity index (χ3v) is 34.4. The lowest BCUT2D eigenvalue weighted by Gasteiger charge is -2.52. The zero-order valence-corrected chi connectivity index (χ0v) is 77.0. The second-order valence-electron chi connectivity index (χ2n) is 35.4. The van der Waals surface area contributed by atoms with Crippen molar-refractivity contribution in [3.63, 3.8) is 0 Å². The van der Waals surface area contributed by atoms with Gasteiger partial charge in [-0.05, 0) is 88.2 Å². The van der Waals surface area contributed by atoms with Crippen LogP contribution in [0.1, 0.15) is 98.9 Å². The van der Waals surface area contributed by atoms with Gasteiger partial charge in [-0.2, -0.15) is 0 Å². The molecule has 12 aromatic carbocycles. The molecule has 3 aliphatic heterocycles. The lowest BCUT2D eigenvalue weighted by Crippen LogP contribution is -2.70. The van der Waals surface area contributed by atoms with Gasteiger partial charge in [-0.3, -0.25) is 0 Å². The zero-order chi connectivity index (χ0) is 88.9. The average Bonchev–Trinajstić information content (AvgIpc) is 0.744. The largest absolute Gasteiger partial charge is 0.405 e. The molecule has 16 nitrogen and oxygen atoms in total. The molecular weight excluding hydrogens is 1650 g/mol. The topological polar surface area (TPSA) is 148 Å². The van der Waals surface area contributed by atoms with Gasteiger partial charge in [0, 0.05) is 0 Å². The van der Waals surface area contributed by atoms with E-state index >= 15 is 0 Å². The Labute approximate surface area is 764 Å². The molecule has 672 valence electrons. The Morgan fingerprint density at radius 2 is 0.481 bits per heavy atom. The van der Waals surface area contributed by atoms with Crippen LogP contribution in [-0.2, 0) is 128 Å². The van der Waals surface area contributed by atoms with Gasteiger partial charge >= 0.3 is 0 Å². The lowest BCUT2D eigenvalue weighted by atomic mass is 9.95. The SMILES string of the molecule is C=CCCCOC1OC(COCc2ccccc2)C(OCc2ccccc2)C(OCc2ccccc2)C1OC1OC(CO[Si](c2ccccc2)(c2ccccc2)C(C)(C)C)C(OCc2ccccc2)C(OCc2ccccc2)C1OC1OC(CO[Si](c2ccccc2)(c2ccccc2)C(C)(C)C)C(OCc2ccccc2)C(OCc2ccccc2)C1OCc1ccccc1. The molecule has 12 aromatic rings. The summed E-state index contributed by atoms with van der Waals surface area (Å²) < 4.78 is 124. The van der Waals surface area contributed by atoms with E-state index in [0.717, 1.165) is 65.3 Å². The Balaban J connectivity index is 0.949. The Hall–Kier alpha value is -9.83. The molecule has 3 fully saturated rings. The molecule has 0 aromatic heterocycles. The molecule has 15 atom stereocenters. The molecule has 18 heteroatoms. The van der Waals surface area contributed by atoms with Crippen LogP contribution < -0.4 is 20.7 Å².